The number of amides is 2. The number of rotatable bonds is 4. The average Bonchev–Trinajstić information content (AvgIpc) is 2.37. The molecule has 1 heterocycles. The van der Waals surface area contributed by atoms with Gasteiger partial charge in [0.25, 0.3) is 0 Å². The molecule has 0 aromatic heterocycles. The van der Waals surface area contributed by atoms with E-state index in [0.29, 0.717) is 31.9 Å². The first-order valence-electron chi connectivity index (χ1n) is 6.78. The van der Waals surface area contributed by atoms with Crippen LogP contribution < -0.4 is 0 Å². The van der Waals surface area contributed by atoms with E-state index in [9.17, 15) is 9.59 Å². The summed E-state index contributed by atoms with van der Waals surface area (Å²) in [5, 5.41) is 0. The smallest absolute Gasteiger partial charge is 0.410 e. The molecule has 6 heteroatoms. The minimum atomic E-state index is -0.481. The van der Waals surface area contributed by atoms with Gasteiger partial charge in [-0.25, -0.2) is 4.79 Å². The van der Waals surface area contributed by atoms with Crippen LogP contribution in [0.2, 0.25) is 0 Å². The van der Waals surface area contributed by atoms with Gasteiger partial charge in [0, 0.05) is 31.9 Å². The highest BCUT2D eigenvalue weighted by Crippen LogP contribution is 2.12. The Balaban J connectivity index is 2.34. The molecule has 1 saturated heterocycles. The third-order valence-electron chi connectivity index (χ3n) is 2.75. The number of thioether (sulfide) groups is 1. The predicted octanol–water partition coefficient (Wildman–Crippen LogP) is 1.98. The van der Waals surface area contributed by atoms with Crippen molar-refractivity contribution in [1.29, 1.82) is 0 Å². The zero-order valence-electron chi connectivity index (χ0n) is 12.6. The molecule has 1 fully saturated rings. The fourth-order valence-corrected chi connectivity index (χ4v) is 2.43. The lowest BCUT2D eigenvalue weighted by Crippen LogP contribution is -2.52. The molecule has 0 aromatic rings. The minimum absolute atomic E-state index is 0.126. The van der Waals surface area contributed by atoms with Crippen LogP contribution >= 0.6 is 11.8 Å². The van der Waals surface area contributed by atoms with Gasteiger partial charge in [-0.05, 0) is 20.8 Å². The summed E-state index contributed by atoms with van der Waals surface area (Å²) < 4.78 is 5.32. The van der Waals surface area contributed by atoms with E-state index in [4.69, 9.17) is 4.74 Å². The Bertz CT molecular complexity index is 358. The summed E-state index contributed by atoms with van der Waals surface area (Å²) in [5.41, 5.74) is -0.481. The summed E-state index contributed by atoms with van der Waals surface area (Å²) in [6, 6.07) is 0. The Labute approximate surface area is 125 Å². The van der Waals surface area contributed by atoms with E-state index in [2.05, 4.69) is 6.58 Å². The molecule has 0 unspecified atom stereocenters. The fourth-order valence-electron chi connectivity index (χ4n) is 1.79. The van der Waals surface area contributed by atoms with Gasteiger partial charge in [-0.3, -0.25) is 4.79 Å². The Hall–Kier alpha value is -1.17. The van der Waals surface area contributed by atoms with Crippen LogP contribution in [-0.2, 0) is 9.53 Å². The Kier molecular flexibility index (Phi) is 6.39. The van der Waals surface area contributed by atoms with Crippen molar-refractivity contribution in [2.45, 2.75) is 26.4 Å². The van der Waals surface area contributed by atoms with Crippen LogP contribution in [0.5, 0.6) is 0 Å². The van der Waals surface area contributed by atoms with Crippen molar-refractivity contribution in [1.82, 2.24) is 9.80 Å². The van der Waals surface area contributed by atoms with E-state index in [1.54, 1.807) is 27.6 Å². The van der Waals surface area contributed by atoms with Crippen molar-refractivity contribution >= 4 is 23.8 Å². The van der Waals surface area contributed by atoms with Gasteiger partial charge in [0.1, 0.15) is 5.60 Å². The standard InChI is InChI=1S/C14H24N2O3S/c1-5-10-20-11-12(17)15-6-8-16(9-7-15)13(18)19-14(2,3)4/h5H,1,6-11H2,2-4H3. The lowest BCUT2D eigenvalue weighted by Gasteiger charge is -2.35. The first kappa shape index (κ1) is 16.9. The number of nitrogens with zero attached hydrogens (tertiary/aromatic N) is 2. The van der Waals surface area contributed by atoms with Gasteiger partial charge in [-0.2, -0.15) is 0 Å². The normalized spacial score (nSPS) is 15.9. The van der Waals surface area contributed by atoms with Gasteiger partial charge in [-0.15, -0.1) is 18.3 Å². The van der Waals surface area contributed by atoms with Crippen molar-refractivity contribution in [3.8, 4) is 0 Å². The summed E-state index contributed by atoms with van der Waals surface area (Å²) in [4.78, 5) is 27.3. The number of hydrogen-bond donors (Lipinski definition) is 0. The van der Waals surface area contributed by atoms with E-state index < -0.39 is 5.60 Å². The van der Waals surface area contributed by atoms with E-state index in [0.717, 1.165) is 5.75 Å². The molecule has 1 rings (SSSR count). The van der Waals surface area contributed by atoms with E-state index >= 15 is 0 Å². The number of hydrogen-bond acceptors (Lipinski definition) is 4. The Morgan fingerprint density at radius 2 is 1.75 bits per heavy atom. The fraction of sp³-hybridized carbons (Fsp3) is 0.714. The maximum Gasteiger partial charge on any atom is 0.410 e. The third-order valence-corrected chi connectivity index (χ3v) is 3.67. The van der Waals surface area contributed by atoms with Gasteiger partial charge in [0.15, 0.2) is 0 Å². The van der Waals surface area contributed by atoms with Gasteiger partial charge in [-0.1, -0.05) is 6.08 Å². The predicted molar refractivity (Wildman–Crippen MR) is 81.9 cm³/mol. The Morgan fingerprint density at radius 3 is 2.25 bits per heavy atom. The molecule has 20 heavy (non-hydrogen) atoms. The van der Waals surface area contributed by atoms with Crippen molar-refractivity contribution in [3.05, 3.63) is 12.7 Å². The highest BCUT2D eigenvalue weighted by Gasteiger charge is 2.27. The summed E-state index contributed by atoms with van der Waals surface area (Å²) in [5.74, 6) is 1.38. The molecule has 0 aliphatic carbocycles. The maximum absolute atomic E-state index is 11.9. The SMILES string of the molecule is C=CCSCC(=O)N1CCN(C(=O)OC(C)(C)C)CC1. The van der Waals surface area contributed by atoms with E-state index in [1.807, 2.05) is 20.8 Å². The third kappa shape index (κ3) is 5.86. The van der Waals surface area contributed by atoms with Gasteiger partial charge >= 0.3 is 6.09 Å². The topological polar surface area (TPSA) is 49.9 Å². The van der Waals surface area contributed by atoms with Crippen LogP contribution in [0, 0.1) is 0 Å². The molecular weight excluding hydrogens is 276 g/mol. The summed E-state index contributed by atoms with van der Waals surface area (Å²) in [6.07, 6.45) is 1.49. The van der Waals surface area contributed by atoms with Crippen LogP contribution in [0.25, 0.3) is 0 Å². The van der Waals surface area contributed by atoms with E-state index in [1.165, 1.54) is 0 Å². The maximum atomic E-state index is 11.9. The zero-order valence-corrected chi connectivity index (χ0v) is 13.4. The number of carbonyl (C=O) groups excluding carboxylic acids is 2. The molecule has 0 radical (unpaired) electrons. The highest BCUT2D eigenvalue weighted by molar-refractivity contribution is 8.00. The summed E-state index contributed by atoms with van der Waals surface area (Å²) in [6.45, 7) is 11.4. The van der Waals surface area contributed by atoms with Gasteiger partial charge in [0.2, 0.25) is 5.91 Å². The van der Waals surface area contributed by atoms with Crippen LogP contribution in [0.1, 0.15) is 20.8 Å². The quantitative estimate of drug-likeness (QED) is 0.588. The molecule has 0 aromatic carbocycles. The number of carbonyl (C=O) groups is 2. The molecule has 1 aliphatic heterocycles. The second-order valence-corrected chi connectivity index (χ2v) is 6.68. The monoisotopic (exact) mass is 300 g/mol. The molecular formula is C14H24N2O3S. The van der Waals surface area contributed by atoms with Crippen molar-refractivity contribution in [2.24, 2.45) is 0 Å². The Morgan fingerprint density at radius 1 is 1.20 bits per heavy atom. The molecule has 2 amide bonds. The largest absolute Gasteiger partial charge is 0.444 e. The summed E-state index contributed by atoms with van der Waals surface area (Å²) in [7, 11) is 0. The average molecular weight is 300 g/mol. The lowest BCUT2D eigenvalue weighted by atomic mass is 10.2. The highest BCUT2D eigenvalue weighted by atomic mass is 32.2. The van der Waals surface area contributed by atoms with Crippen molar-refractivity contribution in [2.75, 3.05) is 37.7 Å². The number of piperazine rings is 1. The van der Waals surface area contributed by atoms with Gasteiger partial charge < -0.3 is 14.5 Å². The molecule has 5 nitrogen and oxygen atoms in total. The minimum Gasteiger partial charge on any atom is -0.444 e. The van der Waals surface area contributed by atoms with Crippen LogP contribution in [0.3, 0.4) is 0 Å². The zero-order chi connectivity index (χ0) is 15.2. The van der Waals surface area contributed by atoms with Crippen molar-refractivity contribution < 1.29 is 14.3 Å². The van der Waals surface area contributed by atoms with Crippen LogP contribution in [0.15, 0.2) is 12.7 Å². The molecule has 114 valence electrons. The van der Waals surface area contributed by atoms with Crippen molar-refractivity contribution in [3.63, 3.8) is 0 Å². The van der Waals surface area contributed by atoms with Crippen LogP contribution in [-0.4, -0.2) is 65.1 Å². The second kappa shape index (κ2) is 7.57. The molecule has 0 saturated carbocycles. The van der Waals surface area contributed by atoms with E-state index in [-0.39, 0.29) is 12.0 Å². The molecule has 0 spiro atoms. The molecule has 0 bridgehead atoms. The molecule has 0 N–H and O–H groups in total. The van der Waals surface area contributed by atoms with Crippen LogP contribution in [0.4, 0.5) is 4.79 Å². The second-order valence-electron chi connectivity index (χ2n) is 5.65. The first-order chi connectivity index (χ1) is 9.33. The molecule has 0 atom stereocenters. The first-order valence-corrected chi connectivity index (χ1v) is 7.93. The summed E-state index contributed by atoms with van der Waals surface area (Å²) >= 11 is 1.56. The van der Waals surface area contributed by atoms with Gasteiger partial charge in [0.05, 0.1) is 5.75 Å². The number of ether oxygens (including phenoxy) is 1. The molecule has 1 aliphatic rings. The lowest BCUT2D eigenvalue weighted by molar-refractivity contribution is -0.130.